The maximum absolute atomic E-state index is 10.8. The van der Waals surface area contributed by atoms with Crippen molar-refractivity contribution in [2.24, 2.45) is 0 Å². The fourth-order valence-electron chi connectivity index (χ4n) is 1.85. The highest BCUT2D eigenvalue weighted by atomic mass is 16.1. The molecular weight excluding hydrogens is 202 g/mol. The van der Waals surface area contributed by atoms with Gasteiger partial charge in [-0.2, -0.15) is 0 Å². The number of carbonyl (C=O) groups excluding carboxylic acids is 1. The first-order valence-corrected chi connectivity index (χ1v) is 4.94. The van der Waals surface area contributed by atoms with Crippen molar-refractivity contribution in [3.63, 3.8) is 0 Å². The van der Waals surface area contributed by atoms with Gasteiger partial charge in [0.05, 0.1) is 16.9 Å². The zero-order valence-electron chi connectivity index (χ0n) is 8.42. The van der Waals surface area contributed by atoms with Crippen LogP contribution in [-0.2, 0) is 0 Å². The van der Waals surface area contributed by atoms with E-state index in [0.717, 1.165) is 23.1 Å². The number of rotatable bonds is 2. The first kappa shape index (κ1) is 8.91. The van der Waals surface area contributed by atoms with Gasteiger partial charge in [0.25, 0.3) is 0 Å². The SMILES string of the molecule is O=Cc1ccc2c(-c3cc[nH]c3)nccn12. The first-order valence-electron chi connectivity index (χ1n) is 4.94. The topological polar surface area (TPSA) is 50.2 Å². The van der Waals surface area contributed by atoms with Crippen LogP contribution in [0.1, 0.15) is 10.5 Å². The Kier molecular flexibility index (Phi) is 1.86. The van der Waals surface area contributed by atoms with Gasteiger partial charge in [-0.1, -0.05) is 0 Å². The number of carbonyl (C=O) groups is 1. The third-order valence-corrected chi connectivity index (χ3v) is 2.60. The van der Waals surface area contributed by atoms with Crippen LogP contribution >= 0.6 is 0 Å². The highest BCUT2D eigenvalue weighted by molar-refractivity contribution is 5.82. The minimum absolute atomic E-state index is 0.634. The molecular formula is C12H9N3O. The molecule has 0 unspecified atom stereocenters. The van der Waals surface area contributed by atoms with Gasteiger partial charge in [-0.15, -0.1) is 0 Å². The molecule has 0 radical (unpaired) electrons. The summed E-state index contributed by atoms with van der Waals surface area (Å²) in [5, 5.41) is 0. The molecule has 3 heterocycles. The van der Waals surface area contributed by atoms with Crippen molar-refractivity contribution in [3.05, 3.63) is 48.7 Å². The summed E-state index contributed by atoms with van der Waals surface area (Å²) in [7, 11) is 0. The van der Waals surface area contributed by atoms with E-state index in [1.54, 1.807) is 18.5 Å². The molecule has 0 amide bonds. The first-order chi connectivity index (χ1) is 7.90. The molecule has 1 N–H and O–H groups in total. The van der Waals surface area contributed by atoms with Crippen molar-refractivity contribution in [1.29, 1.82) is 0 Å². The van der Waals surface area contributed by atoms with Crippen molar-refractivity contribution >= 4 is 11.8 Å². The Morgan fingerprint density at radius 1 is 1.31 bits per heavy atom. The average molecular weight is 211 g/mol. The summed E-state index contributed by atoms with van der Waals surface area (Å²) < 4.78 is 1.84. The molecule has 78 valence electrons. The summed E-state index contributed by atoms with van der Waals surface area (Å²) in [4.78, 5) is 18.2. The molecule has 3 rings (SSSR count). The monoisotopic (exact) mass is 211 g/mol. The van der Waals surface area contributed by atoms with Crippen LogP contribution in [0.5, 0.6) is 0 Å². The van der Waals surface area contributed by atoms with E-state index in [1.807, 2.05) is 28.9 Å². The lowest BCUT2D eigenvalue weighted by molar-refractivity contribution is 0.111. The summed E-state index contributed by atoms with van der Waals surface area (Å²) in [6, 6.07) is 5.65. The molecule has 0 bridgehead atoms. The number of H-pyrrole nitrogens is 1. The number of aldehydes is 1. The number of nitrogens with zero attached hydrogens (tertiary/aromatic N) is 2. The summed E-state index contributed by atoms with van der Waals surface area (Å²) in [6.07, 6.45) is 8.06. The molecule has 0 aliphatic heterocycles. The van der Waals surface area contributed by atoms with Crippen LogP contribution in [0.2, 0.25) is 0 Å². The van der Waals surface area contributed by atoms with Crippen molar-refractivity contribution in [2.45, 2.75) is 0 Å². The molecule has 0 aromatic carbocycles. The van der Waals surface area contributed by atoms with Crippen LogP contribution < -0.4 is 0 Å². The Morgan fingerprint density at radius 3 is 3.00 bits per heavy atom. The second-order valence-electron chi connectivity index (χ2n) is 3.51. The second kappa shape index (κ2) is 3.34. The van der Waals surface area contributed by atoms with E-state index in [4.69, 9.17) is 0 Å². The van der Waals surface area contributed by atoms with E-state index < -0.39 is 0 Å². The molecule has 0 saturated carbocycles. The predicted molar refractivity (Wildman–Crippen MR) is 60.4 cm³/mol. The van der Waals surface area contributed by atoms with Crippen molar-refractivity contribution in [2.75, 3.05) is 0 Å². The van der Waals surface area contributed by atoms with Gasteiger partial charge in [0.2, 0.25) is 0 Å². The summed E-state index contributed by atoms with van der Waals surface area (Å²) in [6.45, 7) is 0. The van der Waals surface area contributed by atoms with Crippen molar-refractivity contribution < 1.29 is 4.79 Å². The molecule has 0 spiro atoms. The Morgan fingerprint density at radius 2 is 2.25 bits per heavy atom. The highest BCUT2D eigenvalue weighted by Gasteiger charge is 2.08. The zero-order valence-corrected chi connectivity index (χ0v) is 8.42. The van der Waals surface area contributed by atoms with Crippen LogP contribution in [0, 0.1) is 0 Å². The van der Waals surface area contributed by atoms with E-state index in [1.165, 1.54) is 0 Å². The lowest BCUT2D eigenvalue weighted by Crippen LogP contribution is -1.93. The van der Waals surface area contributed by atoms with E-state index in [2.05, 4.69) is 9.97 Å². The molecule has 0 saturated heterocycles. The summed E-state index contributed by atoms with van der Waals surface area (Å²) in [5.41, 5.74) is 3.45. The van der Waals surface area contributed by atoms with E-state index in [-0.39, 0.29) is 0 Å². The van der Waals surface area contributed by atoms with E-state index >= 15 is 0 Å². The third kappa shape index (κ3) is 1.16. The Labute approximate surface area is 91.6 Å². The molecule has 0 atom stereocenters. The van der Waals surface area contributed by atoms with Gasteiger partial charge in [-0.05, 0) is 18.2 Å². The largest absolute Gasteiger partial charge is 0.367 e. The molecule has 3 aromatic heterocycles. The molecule has 0 fully saturated rings. The fourth-order valence-corrected chi connectivity index (χ4v) is 1.85. The summed E-state index contributed by atoms with van der Waals surface area (Å²) >= 11 is 0. The maximum Gasteiger partial charge on any atom is 0.166 e. The lowest BCUT2D eigenvalue weighted by Gasteiger charge is -2.01. The quantitative estimate of drug-likeness (QED) is 0.660. The van der Waals surface area contributed by atoms with E-state index in [9.17, 15) is 4.79 Å². The van der Waals surface area contributed by atoms with Crippen LogP contribution in [0.25, 0.3) is 16.8 Å². The smallest absolute Gasteiger partial charge is 0.166 e. The molecule has 0 aliphatic rings. The molecule has 3 aromatic rings. The van der Waals surface area contributed by atoms with Crippen LogP contribution in [0.15, 0.2) is 43.0 Å². The lowest BCUT2D eigenvalue weighted by atomic mass is 10.2. The Hall–Kier alpha value is -2.36. The van der Waals surface area contributed by atoms with Crippen LogP contribution in [-0.4, -0.2) is 20.7 Å². The number of fused-ring (bicyclic) bond motifs is 1. The van der Waals surface area contributed by atoms with Gasteiger partial charge in [0.1, 0.15) is 0 Å². The number of aromatic amines is 1. The predicted octanol–water partition coefficient (Wildman–Crippen LogP) is 2.14. The molecule has 16 heavy (non-hydrogen) atoms. The Bertz CT molecular complexity index is 637. The molecule has 4 heteroatoms. The summed E-state index contributed by atoms with van der Waals surface area (Å²) in [5.74, 6) is 0. The van der Waals surface area contributed by atoms with Gasteiger partial charge < -0.3 is 9.38 Å². The third-order valence-electron chi connectivity index (χ3n) is 2.60. The van der Waals surface area contributed by atoms with Crippen LogP contribution in [0.3, 0.4) is 0 Å². The van der Waals surface area contributed by atoms with Gasteiger partial charge in [-0.3, -0.25) is 9.78 Å². The normalized spacial score (nSPS) is 10.8. The second-order valence-corrected chi connectivity index (χ2v) is 3.51. The van der Waals surface area contributed by atoms with Crippen molar-refractivity contribution in [3.8, 4) is 11.3 Å². The number of nitrogens with one attached hydrogen (secondary N) is 1. The number of aromatic nitrogens is 3. The van der Waals surface area contributed by atoms with Crippen molar-refractivity contribution in [1.82, 2.24) is 14.4 Å². The van der Waals surface area contributed by atoms with E-state index in [0.29, 0.717) is 5.69 Å². The van der Waals surface area contributed by atoms with Gasteiger partial charge in [0.15, 0.2) is 6.29 Å². The minimum Gasteiger partial charge on any atom is -0.367 e. The standard InChI is InChI=1S/C12H9N3O/c16-8-10-1-2-11-12(9-3-4-13-7-9)14-5-6-15(10)11/h1-8,13H. The average Bonchev–Trinajstić information content (AvgIpc) is 2.97. The fraction of sp³-hybridized carbons (Fsp3) is 0. The Balaban J connectivity index is 2.34. The van der Waals surface area contributed by atoms with Gasteiger partial charge in [0, 0.05) is 30.4 Å². The minimum atomic E-state index is 0.634. The van der Waals surface area contributed by atoms with Crippen LogP contribution in [0.4, 0.5) is 0 Å². The highest BCUT2D eigenvalue weighted by Crippen LogP contribution is 2.22. The van der Waals surface area contributed by atoms with Gasteiger partial charge in [-0.25, -0.2) is 0 Å². The number of hydrogen-bond acceptors (Lipinski definition) is 2. The molecule has 4 nitrogen and oxygen atoms in total. The maximum atomic E-state index is 10.8. The molecule has 0 aliphatic carbocycles. The van der Waals surface area contributed by atoms with Gasteiger partial charge >= 0.3 is 0 Å². The zero-order chi connectivity index (χ0) is 11.0. The number of hydrogen-bond donors (Lipinski definition) is 1.